The summed E-state index contributed by atoms with van der Waals surface area (Å²) >= 11 is 0. The van der Waals surface area contributed by atoms with Crippen LogP contribution in [0.2, 0.25) is 0 Å². The zero-order valence-corrected chi connectivity index (χ0v) is 18.1. The van der Waals surface area contributed by atoms with Crippen molar-refractivity contribution in [1.29, 1.82) is 0 Å². The van der Waals surface area contributed by atoms with E-state index in [2.05, 4.69) is 0 Å². The molecule has 3 aliphatic rings. The van der Waals surface area contributed by atoms with Crippen LogP contribution in [0, 0.1) is 11.7 Å². The number of hydrogen-bond donors (Lipinski definition) is 1. The van der Waals surface area contributed by atoms with E-state index >= 15 is 0 Å². The first-order valence-corrected chi connectivity index (χ1v) is 11.6. The average Bonchev–Trinajstić information content (AvgIpc) is 2.81. The number of nitrogens with zero attached hydrogens (tertiary/aromatic N) is 2. The molecule has 0 aromatic heterocycles. The molecule has 3 atom stereocenters. The SMILES string of the molecule is O=C(C1CCCCC1)N1CC(=O)N2[C@@H](CO)[C@H](c3ccc(-c4ccccc4F)cc3)[C@@H]2C1. The van der Waals surface area contributed by atoms with Crippen LogP contribution in [-0.4, -0.2) is 58.5 Å². The van der Waals surface area contributed by atoms with Crippen molar-refractivity contribution in [3.8, 4) is 11.1 Å². The van der Waals surface area contributed by atoms with E-state index in [-0.39, 0.29) is 54.7 Å². The molecule has 0 radical (unpaired) electrons. The Balaban J connectivity index is 1.36. The molecule has 0 spiro atoms. The van der Waals surface area contributed by atoms with Gasteiger partial charge in [-0.3, -0.25) is 9.59 Å². The van der Waals surface area contributed by atoms with Crippen molar-refractivity contribution in [2.24, 2.45) is 5.92 Å². The molecule has 2 heterocycles. The van der Waals surface area contributed by atoms with Gasteiger partial charge in [-0.2, -0.15) is 0 Å². The number of piperazine rings is 1. The lowest BCUT2D eigenvalue weighted by atomic mass is 9.73. The number of rotatable bonds is 4. The third-order valence-corrected chi connectivity index (χ3v) is 7.50. The van der Waals surface area contributed by atoms with Crippen molar-refractivity contribution in [2.75, 3.05) is 19.7 Å². The van der Waals surface area contributed by atoms with Gasteiger partial charge in [-0.15, -0.1) is 0 Å². The van der Waals surface area contributed by atoms with Crippen molar-refractivity contribution >= 4 is 11.8 Å². The molecular weight excluding hydrogens is 407 g/mol. The van der Waals surface area contributed by atoms with Crippen LogP contribution in [-0.2, 0) is 9.59 Å². The summed E-state index contributed by atoms with van der Waals surface area (Å²) in [6, 6.07) is 14.0. The monoisotopic (exact) mass is 436 g/mol. The number of halogens is 1. The fraction of sp³-hybridized carbons (Fsp3) is 0.462. The first-order chi connectivity index (χ1) is 15.6. The van der Waals surface area contributed by atoms with E-state index in [1.807, 2.05) is 30.3 Å². The molecule has 0 unspecified atom stereocenters. The molecule has 2 aliphatic heterocycles. The molecule has 168 valence electrons. The Morgan fingerprint density at radius 1 is 1.03 bits per heavy atom. The Morgan fingerprint density at radius 3 is 2.44 bits per heavy atom. The molecule has 1 aliphatic carbocycles. The van der Waals surface area contributed by atoms with Gasteiger partial charge in [0.1, 0.15) is 5.82 Å². The summed E-state index contributed by atoms with van der Waals surface area (Å²) < 4.78 is 14.2. The second-order valence-electron chi connectivity index (χ2n) is 9.30. The summed E-state index contributed by atoms with van der Waals surface area (Å²) in [4.78, 5) is 29.4. The van der Waals surface area contributed by atoms with Crippen molar-refractivity contribution in [2.45, 2.75) is 50.1 Å². The third kappa shape index (κ3) is 3.60. The summed E-state index contributed by atoms with van der Waals surface area (Å²) in [5.41, 5.74) is 2.34. The van der Waals surface area contributed by atoms with Crippen LogP contribution in [0.1, 0.15) is 43.6 Å². The van der Waals surface area contributed by atoms with Crippen molar-refractivity contribution in [3.63, 3.8) is 0 Å². The Kier molecular flexibility index (Phi) is 5.72. The zero-order valence-electron chi connectivity index (χ0n) is 18.1. The molecule has 3 fully saturated rings. The Hall–Kier alpha value is -2.73. The molecule has 0 bridgehead atoms. The second kappa shape index (κ2) is 8.66. The van der Waals surface area contributed by atoms with Gasteiger partial charge in [-0.05, 0) is 30.0 Å². The number of fused-ring (bicyclic) bond motifs is 1. The number of carbonyl (C=O) groups excluding carboxylic acids is 2. The van der Waals surface area contributed by atoms with Crippen LogP contribution in [0.5, 0.6) is 0 Å². The largest absolute Gasteiger partial charge is 0.394 e. The van der Waals surface area contributed by atoms with Gasteiger partial charge in [0.05, 0.1) is 25.2 Å². The first kappa shape index (κ1) is 21.1. The summed E-state index contributed by atoms with van der Waals surface area (Å²) in [6.07, 6.45) is 5.17. The van der Waals surface area contributed by atoms with E-state index in [1.165, 1.54) is 12.5 Å². The van der Waals surface area contributed by atoms with Gasteiger partial charge in [0.2, 0.25) is 11.8 Å². The van der Waals surface area contributed by atoms with Gasteiger partial charge in [-0.25, -0.2) is 4.39 Å². The summed E-state index contributed by atoms with van der Waals surface area (Å²) in [5.74, 6) is -0.239. The number of benzene rings is 2. The molecule has 2 saturated heterocycles. The predicted molar refractivity (Wildman–Crippen MR) is 119 cm³/mol. The molecule has 2 amide bonds. The smallest absolute Gasteiger partial charge is 0.242 e. The quantitative estimate of drug-likeness (QED) is 0.797. The molecule has 5 nitrogen and oxygen atoms in total. The zero-order chi connectivity index (χ0) is 22.2. The van der Waals surface area contributed by atoms with Crippen molar-refractivity contribution < 1.29 is 19.1 Å². The number of aliphatic hydroxyl groups excluding tert-OH is 1. The lowest BCUT2D eigenvalue weighted by Crippen LogP contribution is -2.73. The highest BCUT2D eigenvalue weighted by atomic mass is 19.1. The molecule has 1 N–H and O–H groups in total. The fourth-order valence-corrected chi connectivity index (χ4v) is 5.86. The molecular formula is C26H29FN2O3. The molecule has 2 aromatic carbocycles. The molecule has 5 rings (SSSR count). The fourth-order valence-electron chi connectivity index (χ4n) is 5.86. The van der Waals surface area contributed by atoms with Gasteiger partial charge >= 0.3 is 0 Å². The Labute approximate surface area is 187 Å². The van der Waals surface area contributed by atoms with E-state index in [9.17, 15) is 19.1 Å². The molecule has 32 heavy (non-hydrogen) atoms. The highest BCUT2D eigenvalue weighted by molar-refractivity contribution is 5.88. The van der Waals surface area contributed by atoms with Gasteiger partial charge in [-0.1, -0.05) is 61.7 Å². The van der Waals surface area contributed by atoms with Crippen LogP contribution in [0.25, 0.3) is 11.1 Å². The number of aliphatic hydroxyl groups is 1. The van der Waals surface area contributed by atoms with Gasteiger partial charge < -0.3 is 14.9 Å². The maximum absolute atomic E-state index is 14.2. The summed E-state index contributed by atoms with van der Waals surface area (Å²) in [7, 11) is 0. The van der Waals surface area contributed by atoms with E-state index in [0.29, 0.717) is 12.1 Å². The first-order valence-electron chi connectivity index (χ1n) is 11.6. The maximum Gasteiger partial charge on any atom is 0.242 e. The van der Waals surface area contributed by atoms with Crippen molar-refractivity contribution in [1.82, 2.24) is 9.80 Å². The predicted octanol–water partition coefficient (Wildman–Crippen LogP) is 3.57. The highest BCUT2D eigenvalue weighted by Gasteiger charge is 2.54. The Morgan fingerprint density at radius 2 is 1.75 bits per heavy atom. The summed E-state index contributed by atoms with van der Waals surface area (Å²) in [5, 5.41) is 10.00. The minimum absolute atomic E-state index is 0.0373. The van der Waals surface area contributed by atoms with Gasteiger partial charge in [0.25, 0.3) is 0 Å². The van der Waals surface area contributed by atoms with E-state index < -0.39 is 0 Å². The molecule has 6 heteroatoms. The number of hydrogen-bond acceptors (Lipinski definition) is 3. The normalized spacial score (nSPS) is 25.9. The molecule has 1 saturated carbocycles. The van der Waals surface area contributed by atoms with Crippen LogP contribution in [0.3, 0.4) is 0 Å². The van der Waals surface area contributed by atoms with E-state index in [1.54, 1.807) is 21.9 Å². The lowest BCUT2D eigenvalue weighted by molar-refractivity contribution is -0.168. The van der Waals surface area contributed by atoms with Crippen molar-refractivity contribution in [3.05, 3.63) is 59.9 Å². The van der Waals surface area contributed by atoms with Crippen LogP contribution in [0.15, 0.2) is 48.5 Å². The van der Waals surface area contributed by atoms with Crippen LogP contribution < -0.4 is 0 Å². The molecule has 2 aromatic rings. The highest BCUT2D eigenvalue weighted by Crippen LogP contribution is 2.43. The van der Waals surface area contributed by atoms with E-state index in [4.69, 9.17) is 0 Å². The van der Waals surface area contributed by atoms with Crippen LogP contribution in [0.4, 0.5) is 4.39 Å². The topological polar surface area (TPSA) is 60.9 Å². The number of carbonyl (C=O) groups is 2. The minimum atomic E-state index is -0.279. The van der Waals surface area contributed by atoms with E-state index in [0.717, 1.165) is 36.8 Å². The average molecular weight is 437 g/mol. The summed E-state index contributed by atoms with van der Waals surface area (Å²) in [6.45, 7) is 0.511. The van der Waals surface area contributed by atoms with Crippen LogP contribution >= 0.6 is 0 Å². The second-order valence-corrected chi connectivity index (χ2v) is 9.30. The number of amides is 2. The minimum Gasteiger partial charge on any atom is -0.394 e. The van der Waals surface area contributed by atoms with Gasteiger partial charge in [0, 0.05) is 23.9 Å². The third-order valence-electron chi connectivity index (χ3n) is 7.50. The standard InChI is InChI=1S/C26H29FN2O3/c27-21-9-5-4-8-20(21)17-10-12-18(13-11-17)25-22-14-28(15-24(31)29(22)23(25)16-30)26(32)19-6-2-1-3-7-19/h4-5,8-13,19,22-23,25,30H,1-3,6-7,14-16H2/t22-,23-,25+/m0/s1. The van der Waals surface area contributed by atoms with Gasteiger partial charge in [0.15, 0.2) is 0 Å². The lowest BCUT2D eigenvalue weighted by Gasteiger charge is -2.59. The maximum atomic E-state index is 14.2. The Bertz CT molecular complexity index is 1000.